The highest BCUT2D eigenvalue weighted by molar-refractivity contribution is 5.79. The molecule has 6 atom stereocenters. The molecule has 43 heavy (non-hydrogen) atoms. The highest BCUT2D eigenvalue weighted by atomic mass is 16.6. The van der Waals surface area contributed by atoms with Crippen LogP contribution in [-0.2, 0) is 37.0 Å². The van der Waals surface area contributed by atoms with Crippen molar-refractivity contribution in [3.63, 3.8) is 0 Å². The highest BCUT2D eigenvalue weighted by Gasteiger charge is 2.73. The Kier molecular flexibility index (Phi) is 10.9. The quantitative estimate of drug-likeness (QED) is 0.140. The summed E-state index contributed by atoms with van der Waals surface area (Å²) in [4.78, 5) is 13.4. The fourth-order valence-corrected chi connectivity index (χ4v) is 6.89. The molecule has 4 rings (SSSR count). The van der Waals surface area contributed by atoms with E-state index in [1.807, 2.05) is 48.5 Å². The van der Waals surface area contributed by atoms with Crippen LogP contribution in [0.1, 0.15) is 51.2 Å². The van der Waals surface area contributed by atoms with Crippen LogP contribution in [0.5, 0.6) is 11.5 Å². The van der Waals surface area contributed by atoms with Crippen molar-refractivity contribution >= 4 is 5.97 Å². The van der Waals surface area contributed by atoms with Gasteiger partial charge >= 0.3 is 5.97 Å². The number of rotatable bonds is 17. The second-order valence-corrected chi connectivity index (χ2v) is 12.6. The van der Waals surface area contributed by atoms with Gasteiger partial charge in [-0.3, -0.25) is 4.79 Å². The Labute approximate surface area is 256 Å². The molecule has 0 unspecified atom stereocenters. The van der Waals surface area contributed by atoms with E-state index in [9.17, 15) is 9.90 Å². The number of esters is 1. The molecule has 2 aliphatic rings. The number of aliphatic hydroxyl groups is 1. The summed E-state index contributed by atoms with van der Waals surface area (Å²) in [5.41, 5.74) is 1.88. The molecular formula is C35H48O8. The van der Waals surface area contributed by atoms with E-state index >= 15 is 0 Å². The Morgan fingerprint density at radius 1 is 0.977 bits per heavy atom. The maximum Gasteiger partial charge on any atom is 0.313 e. The summed E-state index contributed by atoms with van der Waals surface area (Å²) in [7, 11) is 4.84. The Morgan fingerprint density at radius 3 is 2.05 bits per heavy atom. The predicted octanol–water partition coefficient (Wildman–Crippen LogP) is 5.74. The molecule has 1 saturated carbocycles. The highest BCUT2D eigenvalue weighted by Crippen LogP contribution is 2.66. The van der Waals surface area contributed by atoms with E-state index in [4.69, 9.17) is 28.4 Å². The topological polar surface area (TPSA) is 92.7 Å². The Balaban J connectivity index is 1.31. The van der Waals surface area contributed by atoms with Crippen molar-refractivity contribution < 1.29 is 38.3 Å². The molecule has 236 valence electrons. The van der Waals surface area contributed by atoms with E-state index in [1.165, 1.54) is 0 Å². The number of methoxy groups -OCH3 is 3. The average molecular weight is 597 g/mol. The Morgan fingerprint density at radius 2 is 1.53 bits per heavy atom. The van der Waals surface area contributed by atoms with Gasteiger partial charge in [0.25, 0.3) is 0 Å². The third-order valence-electron chi connectivity index (χ3n) is 9.20. The zero-order chi connectivity index (χ0) is 31.2. The number of hydrogen-bond acceptors (Lipinski definition) is 8. The van der Waals surface area contributed by atoms with Gasteiger partial charge in [0.1, 0.15) is 17.1 Å². The van der Waals surface area contributed by atoms with Gasteiger partial charge in [-0.25, -0.2) is 0 Å². The first kappa shape index (κ1) is 33.0. The van der Waals surface area contributed by atoms with Gasteiger partial charge in [0.2, 0.25) is 0 Å². The van der Waals surface area contributed by atoms with E-state index in [0.29, 0.717) is 39.3 Å². The number of aliphatic hydroxyl groups excluding tert-OH is 1. The van der Waals surface area contributed by atoms with Crippen LogP contribution in [-0.4, -0.2) is 63.4 Å². The van der Waals surface area contributed by atoms with Crippen LogP contribution in [0, 0.1) is 23.2 Å². The second-order valence-electron chi connectivity index (χ2n) is 12.6. The lowest BCUT2D eigenvalue weighted by molar-refractivity contribution is -0.179. The predicted molar refractivity (Wildman–Crippen MR) is 164 cm³/mol. The summed E-state index contributed by atoms with van der Waals surface area (Å²) in [5.74, 6) is 0.555. The molecule has 0 bridgehead atoms. The van der Waals surface area contributed by atoms with Gasteiger partial charge in [-0.1, -0.05) is 51.6 Å². The Hall–Kier alpha value is -2.91. The van der Waals surface area contributed by atoms with E-state index in [-0.39, 0.29) is 23.2 Å². The summed E-state index contributed by atoms with van der Waals surface area (Å²) in [5, 5.41) is 11.4. The van der Waals surface area contributed by atoms with Crippen LogP contribution in [0.4, 0.5) is 0 Å². The van der Waals surface area contributed by atoms with Crippen molar-refractivity contribution in [3.8, 4) is 11.5 Å². The summed E-state index contributed by atoms with van der Waals surface area (Å²) in [6.07, 6.45) is 0.289. The maximum absolute atomic E-state index is 13.4. The minimum atomic E-state index is -1.01. The number of fused-ring (bicyclic) bond motifs is 1. The summed E-state index contributed by atoms with van der Waals surface area (Å²) in [6.45, 7) is 12.7. The minimum Gasteiger partial charge on any atom is -0.497 e. The molecule has 1 aliphatic carbocycles. The smallest absolute Gasteiger partial charge is 0.313 e. The standard InChI is InChI=1S/C35H48O8/c1-23(20-42-22-26-10-14-28(39-6)15-11-26)18-24(2)35-29(19-34(35,3)4)31(33(37)43-35)32(36)30(40-7)16-17-41-21-25-8-12-27(38-5)13-9-25/h8-15,23,29-32,36H,2,16-22H2,1,3-7H3/t23-,29+,30+,31-,32-,35-/m0/s1. The number of ether oxygens (including phenoxy) is 6. The van der Waals surface area contributed by atoms with Crippen LogP contribution in [0.25, 0.3) is 0 Å². The van der Waals surface area contributed by atoms with Crippen molar-refractivity contribution in [2.75, 3.05) is 34.5 Å². The number of carbonyl (C=O) groups excluding carboxylic acids is 1. The number of benzene rings is 2. The first-order chi connectivity index (χ1) is 20.6. The third-order valence-corrected chi connectivity index (χ3v) is 9.20. The zero-order valence-corrected chi connectivity index (χ0v) is 26.5. The molecule has 0 spiro atoms. The van der Waals surface area contributed by atoms with Crippen LogP contribution in [0.3, 0.4) is 0 Å². The summed E-state index contributed by atoms with van der Waals surface area (Å²) < 4.78 is 34.1. The fraction of sp³-hybridized carbons (Fsp3) is 0.571. The molecule has 8 heteroatoms. The molecule has 0 aromatic heterocycles. The van der Waals surface area contributed by atoms with Crippen molar-refractivity contribution in [2.45, 2.75) is 71.1 Å². The molecule has 2 fully saturated rings. The van der Waals surface area contributed by atoms with Crippen molar-refractivity contribution in [2.24, 2.45) is 23.2 Å². The molecule has 2 aromatic carbocycles. The lowest BCUT2D eigenvalue weighted by Crippen LogP contribution is -2.63. The lowest BCUT2D eigenvalue weighted by Gasteiger charge is -2.59. The van der Waals surface area contributed by atoms with E-state index in [1.54, 1.807) is 21.3 Å². The molecule has 1 heterocycles. The SMILES string of the molecule is C=C(C[C@H](C)COCc1ccc(OC)cc1)[C@]12OC(=O)[C@H]([C@@H](O)[C@@H](CCOCc3ccc(OC)cc3)OC)[C@H]1CC2(C)C. The maximum atomic E-state index is 13.4. The molecule has 0 amide bonds. The molecule has 1 aliphatic heterocycles. The van der Waals surface area contributed by atoms with Gasteiger partial charge in [0, 0.05) is 31.7 Å². The average Bonchev–Trinajstić information content (AvgIpc) is 3.26. The van der Waals surface area contributed by atoms with E-state index in [0.717, 1.165) is 34.6 Å². The first-order valence-corrected chi connectivity index (χ1v) is 15.1. The van der Waals surface area contributed by atoms with E-state index < -0.39 is 23.7 Å². The van der Waals surface area contributed by atoms with Crippen LogP contribution >= 0.6 is 0 Å². The normalized spacial score (nSPS) is 24.3. The lowest BCUT2D eigenvalue weighted by atomic mass is 9.47. The molecular weight excluding hydrogens is 548 g/mol. The molecule has 1 saturated heterocycles. The number of hydrogen-bond donors (Lipinski definition) is 1. The van der Waals surface area contributed by atoms with E-state index in [2.05, 4.69) is 27.4 Å². The second kappa shape index (κ2) is 14.2. The van der Waals surface area contributed by atoms with Gasteiger partial charge in [-0.2, -0.15) is 0 Å². The molecule has 2 aromatic rings. The summed E-state index contributed by atoms with van der Waals surface area (Å²) in [6, 6.07) is 15.5. The Bertz CT molecular complexity index is 1210. The van der Waals surface area contributed by atoms with Crippen LogP contribution in [0.2, 0.25) is 0 Å². The van der Waals surface area contributed by atoms with Crippen molar-refractivity contribution in [1.82, 2.24) is 0 Å². The minimum absolute atomic E-state index is 0.164. The largest absolute Gasteiger partial charge is 0.497 e. The van der Waals surface area contributed by atoms with Crippen LogP contribution < -0.4 is 9.47 Å². The van der Waals surface area contributed by atoms with Gasteiger partial charge < -0.3 is 33.5 Å². The van der Waals surface area contributed by atoms with Gasteiger partial charge in [-0.05, 0) is 66.1 Å². The van der Waals surface area contributed by atoms with Crippen LogP contribution in [0.15, 0.2) is 60.7 Å². The van der Waals surface area contributed by atoms with Gasteiger partial charge in [-0.15, -0.1) is 0 Å². The van der Waals surface area contributed by atoms with Crippen molar-refractivity contribution in [1.29, 1.82) is 0 Å². The first-order valence-electron chi connectivity index (χ1n) is 15.1. The molecule has 0 radical (unpaired) electrons. The fourth-order valence-electron chi connectivity index (χ4n) is 6.89. The third kappa shape index (κ3) is 7.09. The van der Waals surface area contributed by atoms with Crippen molar-refractivity contribution in [3.05, 3.63) is 71.8 Å². The van der Waals surface area contributed by atoms with Gasteiger partial charge in [0.15, 0.2) is 0 Å². The van der Waals surface area contributed by atoms with Gasteiger partial charge in [0.05, 0.1) is 45.6 Å². The monoisotopic (exact) mass is 596 g/mol. The molecule has 8 nitrogen and oxygen atoms in total. The zero-order valence-electron chi connectivity index (χ0n) is 26.5. The molecule has 1 N–H and O–H groups in total. The summed E-state index contributed by atoms with van der Waals surface area (Å²) >= 11 is 0. The number of carbonyl (C=O) groups is 1.